The van der Waals surface area contributed by atoms with Gasteiger partial charge in [-0.25, -0.2) is 10.0 Å². The number of thiophene rings is 1. The van der Waals surface area contributed by atoms with Gasteiger partial charge in [-0.05, 0) is 43.7 Å². The first-order chi connectivity index (χ1) is 13.1. The number of carbonyl (C=O) groups excluding carboxylic acids is 1. The number of hydrogen-bond acceptors (Lipinski definition) is 6. The molecule has 27 heavy (non-hydrogen) atoms. The smallest absolute Gasteiger partial charge is 0.260 e. The number of rotatable bonds is 3. The fraction of sp³-hybridized carbons (Fsp3) is 0.450. The predicted molar refractivity (Wildman–Crippen MR) is 106 cm³/mol. The molecule has 0 radical (unpaired) electrons. The molecule has 6 nitrogen and oxygen atoms in total. The number of hydrazine groups is 1. The predicted octanol–water partition coefficient (Wildman–Crippen LogP) is 3.04. The number of methoxy groups -OCH3 is 1. The van der Waals surface area contributed by atoms with E-state index < -0.39 is 0 Å². The number of carbonyl (C=O) groups is 1. The lowest BCUT2D eigenvalue weighted by atomic mass is 10.1. The molecule has 0 spiro atoms. The summed E-state index contributed by atoms with van der Waals surface area (Å²) in [4.78, 5) is 16.5. The molecule has 0 unspecified atom stereocenters. The second-order valence-electron chi connectivity index (χ2n) is 6.90. The lowest BCUT2D eigenvalue weighted by molar-refractivity contribution is -0.0964. The van der Waals surface area contributed by atoms with Gasteiger partial charge in [0.25, 0.3) is 5.91 Å². The van der Waals surface area contributed by atoms with Gasteiger partial charge in [-0.2, -0.15) is 0 Å². The Morgan fingerprint density at radius 1 is 1.11 bits per heavy atom. The van der Waals surface area contributed by atoms with E-state index in [2.05, 4.69) is 23.9 Å². The van der Waals surface area contributed by atoms with Crippen molar-refractivity contribution < 1.29 is 14.3 Å². The highest BCUT2D eigenvalue weighted by molar-refractivity contribution is 7.16. The summed E-state index contributed by atoms with van der Waals surface area (Å²) in [6.45, 7) is 8.89. The van der Waals surface area contributed by atoms with E-state index in [1.807, 2.05) is 29.2 Å². The van der Waals surface area contributed by atoms with Crippen LogP contribution in [0.4, 0.5) is 5.00 Å². The van der Waals surface area contributed by atoms with Gasteiger partial charge < -0.3 is 9.47 Å². The minimum Gasteiger partial charge on any atom is -0.497 e. The zero-order chi connectivity index (χ0) is 19.0. The Morgan fingerprint density at radius 2 is 1.81 bits per heavy atom. The van der Waals surface area contributed by atoms with E-state index in [9.17, 15) is 4.79 Å². The Bertz CT molecular complexity index is 828. The highest BCUT2D eigenvalue weighted by Gasteiger charge is 2.34. The number of ether oxygens (including phenoxy) is 2. The maximum Gasteiger partial charge on any atom is 0.260 e. The molecule has 1 fully saturated rings. The minimum absolute atomic E-state index is 0.0260. The number of anilines is 1. The fourth-order valence-corrected chi connectivity index (χ4v) is 4.75. The SMILES string of the molecule is COc1ccc(C(=O)N2CN(N3CCOCC3)Cc3c2sc(C)c3C)cc1. The van der Waals surface area contributed by atoms with Gasteiger partial charge in [0.2, 0.25) is 0 Å². The van der Waals surface area contributed by atoms with Gasteiger partial charge in [-0.3, -0.25) is 9.69 Å². The van der Waals surface area contributed by atoms with Gasteiger partial charge in [0.1, 0.15) is 10.8 Å². The Balaban J connectivity index is 1.66. The van der Waals surface area contributed by atoms with Crippen LogP contribution in [0.3, 0.4) is 0 Å². The van der Waals surface area contributed by atoms with E-state index in [-0.39, 0.29) is 5.91 Å². The zero-order valence-electron chi connectivity index (χ0n) is 16.0. The lowest BCUT2D eigenvalue weighted by Crippen LogP contribution is -2.55. The van der Waals surface area contributed by atoms with Crippen LogP contribution in [0.25, 0.3) is 0 Å². The van der Waals surface area contributed by atoms with Crippen molar-refractivity contribution in [3.05, 3.63) is 45.8 Å². The number of benzene rings is 1. The maximum atomic E-state index is 13.3. The maximum absolute atomic E-state index is 13.3. The number of hydrogen-bond donors (Lipinski definition) is 0. The number of fused-ring (bicyclic) bond motifs is 1. The largest absolute Gasteiger partial charge is 0.497 e. The van der Waals surface area contributed by atoms with Crippen molar-refractivity contribution in [2.75, 3.05) is 45.0 Å². The Kier molecular flexibility index (Phi) is 5.19. The molecule has 0 atom stereocenters. The molecule has 2 aliphatic rings. The highest BCUT2D eigenvalue weighted by Crippen LogP contribution is 2.40. The van der Waals surface area contributed by atoms with Gasteiger partial charge >= 0.3 is 0 Å². The molecule has 3 heterocycles. The molecule has 0 N–H and O–H groups in total. The second-order valence-corrected chi connectivity index (χ2v) is 8.10. The quantitative estimate of drug-likeness (QED) is 0.810. The van der Waals surface area contributed by atoms with Crippen LogP contribution in [-0.4, -0.2) is 56.0 Å². The molecule has 1 saturated heterocycles. The third-order valence-corrected chi connectivity index (χ3v) is 6.62. The number of amides is 1. The summed E-state index contributed by atoms with van der Waals surface area (Å²) in [6, 6.07) is 7.34. The summed E-state index contributed by atoms with van der Waals surface area (Å²) in [5, 5.41) is 5.67. The van der Waals surface area contributed by atoms with E-state index in [4.69, 9.17) is 9.47 Å². The van der Waals surface area contributed by atoms with E-state index in [0.29, 0.717) is 12.2 Å². The summed E-state index contributed by atoms with van der Waals surface area (Å²) >= 11 is 1.71. The van der Waals surface area contributed by atoms with Gasteiger partial charge in [0.15, 0.2) is 0 Å². The lowest BCUT2D eigenvalue weighted by Gasteiger charge is -2.43. The van der Waals surface area contributed by atoms with Gasteiger partial charge in [-0.1, -0.05) is 0 Å². The molecule has 4 rings (SSSR count). The molecule has 7 heteroatoms. The molecule has 144 valence electrons. The van der Waals surface area contributed by atoms with Crippen LogP contribution >= 0.6 is 11.3 Å². The van der Waals surface area contributed by atoms with E-state index in [1.165, 1.54) is 16.0 Å². The zero-order valence-corrected chi connectivity index (χ0v) is 16.8. The Hall–Kier alpha value is -1.93. The van der Waals surface area contributed by atoms with Crippen LogP contribution in [0, 0.1) is 13.8 Å². The average Bonchev–Trinajstić information content (AvgIpc) is 3.01. The topological polar surface area (TPSA) is 45.2 Å². The molecule has 0 aliphatic carbocycles. The molecular formula is C20H25N3O3S. The minimum atomic E-state index is 0.0260. The van der Waals surface area contributed by atoms with Crippen molar-refractivity contribution in [3.63, 3.8) is 0 Å². The first-order valence-electron chi connectivity index (χ1n) is 9.21. The molecule has 1 amide bonds. The summed E-state index contributed by atoms with van der Waals surface area (Å²) in [5.74, 6) is 0.779. The van der Waals surface area contributed by atoms with Crippen LogP contribution in [0.5, 0.6) is 5.75 Å². The van der Waals surface area contributed by atoms with Crippen molar-refractivity contribution in [3.8, 4) is 5.75 Å². The summed E-state index contributed by atoms with van der Waals surface area (Å²) in [5.41, 5.74) is 3.23. The van der Waals surface area contributed by atoms with E-state index >= 15 is 0 Å². The summed E-state index contributed by atoms with van der Waals surface area (Å²) in [6.07, 6.45) is 0. The molecule has 2 aliphatic heterocycles. The summed E-state index contributed by atoms with van der Waals surface area (Å²) < 4.78 is 10.7. The summed E-state index contributed by atoms with van der Waals surface area (Å²) in [7, 11) is 1.63. The Morgan fingerprint density at radius 3 is 2.48 bits per heavy atom. The van der Waals surface area contributed by atoms with E-state index in [1.54, 1.807) is 18.4 Å². The van der Waals surface area contributed by atoms with Crippen LogP contribution in [0.1, 0.15) is 26.4 Å². The second kappa shape index (κ2) is 7.59. The average molecular weight is 388 g/mol. The number of nitrogens with zero attached hydrogens (tertiary/aromatic N) is 3. The van der Waals surface area contributed by atoms with E-state index in [0.717, 1.165) is 43.6 Å². The van der Waals surface area contributed by atoms with Crippen molar-refractivity contribution in [1.82, 2.24) is 10.0 Å². The molecular weight excluding hydrogens is 362 g/mol. The normalized spacial score (nSPS) is 18.4. The molecule has 0 bridgehead atoms. The Labute approximate surface area is 163 Å². The van der Waals surface area contributed by atoms with Crippen LogP contribution in [-0.2, 0) is 11.3 Å². The highest BCUT2D eigenvalue weighted by atomic mass is 32.1. The van der Waals surface area contributed by atoms with Gasteiger partial charge in [-0.15, -0.1) is 11.3 Å². The first-order valence-corrected chi connectivity index (χ1v) is 10.0. The first kappa shape index (κ1) is 18.4. The van der Waals surface area contributed by atoms with Crippen LogP contribution < -0.4 is 9.64 Å². The van der Waals surface area contributed by atoms with Gasteiger partial charge in [0, 0.05) is 35.6 Å². The van der Waals surface area contributed by atoms with Crippen molar-refractivity contribution >= 4 is 22.2 Å². The molecule has 2 aromatic rings. The molecule has 1 aromatic carbocycles. The van der Waals surface area contributed by atoms with Crippen LogP contribution in [0.2, 0.25) is 0 Å². The third-order valence-electron chi connectivity index (χ3n) is 5.35. The van der Waals surface area contributed by atoms with Crippen molar-refractivity contribution in [2.45, 2.75) is 20.4 Å². The van der Waals surface area contributed by atoms with Crippen molar-refractivity contribution in [1.29, 1.82) is 0 Å². The molecule has 1 aromatic heterocycles. The number of aryl methyl sites for hydroxylation is 1. The molecule has 0 saturated carbocycles. The van der Waals surface area contributed by atoms with Crippen LogP contribution in [0.15, 0.2) is 24.3 Å². The fourth-order valence-electron chi connectivity index (χ4n) is 3.59. The standard InChI is InChI=1S/C20H25N3O3S/c1-14-15(2)27-20-18(14)12-22(21-8-10-26-11-9-21)13-23(20)19(24)16-4-6-17(25-3)7-5-16/h4-7H,8-13H2,1-3H3. The number of morpholine rings is 1. The monoisotopic (exact) mass is 387 g/mol. The van der Waals surface area contributed by atoms with Gasteiger partial charge in [0.05, 0.1) is 27.0 Å². The van der Waals surface area contributed by atoms with Crippen molar-refractivity contribution in [2.24, 2.45) is 0 Å². The third kappa shape index (κ3) is 3.48.